The molecule has 0 aliphatic rings. The monoisotopic (exact) mass is 144 g/mol. The Morgan fingerprint density at radius 2 is 2.20 bits per heavy atom. The van der Waals surface area contributed by atoms with Crippen molar-refractivity contribution in [3.8, 4) is 0 Å². The van der Waals surface area contributed by atoms with Gasteiger partial charge in [-0.05, 0) is 6.42 Å². The van der Waals surface area contributed by atoms with Crippen molar-refractivity contribution in [3.05, 3.63) is 19.6 Å². The summed E-state index contributed by atoms with van der Waals surface area (Å²) in [4.78, 5) is 10.3. The molecule has 0 bridgehead atoms. The smallest absolute Gasteiger partial charge is 0.330 e. The Morgan fingerprint density at radius 1 is 1.60 bits per heavy atom. The van der Waals surface area contributed by atoms with Crippen molar-refractivity contribution in [2.75, 3.05) is 6.61 Å². The van der Waals surface area contributed by atoms with Crippen molar-refractivity contribution in [2.24, 2.45) is 0 Å². The molecule has 0 unspecified atom stereocenters. The van der Waals surface area contributed by atoms with Crippen LogP contribution in [0.5, 0.6) is 0 Å². The maximum atomic E-state index is 10.3. The number of esters is 1. The molecule has 1 radical (unpaired) electrons. The molecule has 0 saturated carbocycles. The second-order valence-corrected chi connectivity index (χ2v) is 1.58. The van der Waals surface area contributed by atoms with Crippen LogP contribution in [0.1, 0.15) is 12.8 Å². The van der Waals surface area contributed by atoms with Crippen LogP contribution in [0.15, 0.2) is 12.7 Å². The lowest BCUT2D eigenvalue weighted by molar-refractivity contribution is -0.137. The normalized spacial score (nSPS) is 7.70. The molecule has 0 aliphatic heterocycles. The number of carbonyl (C=O) groups is 1. The van der Waals surface area contributed by atoms with Gasteiger partial charge in [-0.1, -0.05) is 19.9 Å². The molecule has 10 heavy (non-hydrogen) atoms. The van der Waals surface area contributed by atoms with E-state index in [1.807, 2.05) is 0 Å². The summed E-state index contributed by atoms with van der Waals surface area (Å²) in [5.74, 6) is -0.358. The van der Waals surface area contributed by atoms with Crippen LogP contribution in [-0.2, 0) is 9.53 Å². The third-order valence-corrected chi connectivity index (χ3v) is 0.805. The average molecular weight is 144 g/mol. The van der Waals surface area contributed by atoms with Crippen LogP contribution >= 0.6 is 0 Å². The predicted molar refractivity (Wildman–Crippen MR) is 40.8 cm³/mol. The molecule has 0 aromatic heterocycles. The van der Waals surface area contributed by atoms with Gasteiger partial charge in [0.2, 0.25) is 0 Å². The Hall–Kier alpha value is -0.830. The lowest BCUT2D eigenvalue weighted by atomic mass is 10.4. The quantitative estimate of drug-likeness (QED) is 0.369. The molecule has 0 saturated heterocycles. The first-order valence-electron chi connectivity index (χ1n) is 2.89. The summed E-state index contributed by atoms with van der Waals surface area (Å²) in [6.45, 7) is 7.29. The fraction of sp³-hybridized carbons (Fsp3) is 0.429. The number of ether oxygens (including phenoxy) is 1. The van der Waals surface area contributed by atoms with Crippen molar-refractivity contribution in [1.29, 1.82) is 0 Å². The lowest BCUT2D eigenvalue weighted by Gasteiger charge is -1.97. The Kier molecular flexibility index (Phi) is 9.73. The molecule has 3 N–H and O–H groups in total. The number of hydrogen-bond acceptors (Lipinski definition) is 3. The minimum atomic E-state index is -0.358. The van der Waals surface area contributed by atoms with Crippen LogP contribution in [-0.4, -0.2) is 12.6 Å². The molecular weight excluding hydrogens is 130 g/mol. The first kappa shape index (κ1) is 11.9. The highest BCUT2D eigenvalue weighted by molar-refractivity contribution is 5.81. The second kappa shape index (κ2) is 8.17. The van der Waals surface area contributed by atoms with E-state index in [1.54, 1.807) is 0 Å². The minimum Gasteiger partial charge on any atom is -0.463 e. The van der Waals surface area contributed by atoms with E-state index in [0.29, 0.717) is 6.61 Å². The summed E-state index contributed by atoms with van der Waals surface area (Å²) in [7, 11) is 0. The summed E-state index contributed by atoms with van der Waals surface area (Å²) >= 11 is 0. The Labute approximate surface area is 61.7 Å². The van der Waals surface area contributed by atoms with Crippen molar-refractivity contribution < 1.29 is 9.53 Å². The van der Waals surface area contributed by atoms with Gasteiger partial charge < -0.3 is 10.9 Å². The Balaban J connectivity index is 0. The highest BCUT2D eigenvalue weighted by Crippen LogP contribution is 1.87. The van der Waals surface area contributed by atoms with Gasteiger partial charge in [0.05, 0.1) is 6.61 Å². The molecule has 0 aromatic rings. The molecule has 3 nitrogen and oxygen atoms in total. The minimum absolute atomic E-state index is 0. The number of rotatable bonds is 4. The van der Waals surface area contributed by atoms with Gasteiger partial charge >= 0.3 is 5.97 Å². The van der Waals surface area contributed by atoms with Crippen molar-refractivity contribution in [2.45, 2.75) is 12.8 Å². The second-order valence-electron chi connectivity index (χ2n) is 1.58. The van der Waals surface area contributed by atoms with E-state index in [9.17, 15) is 4.79 Å². The van der Waals surface area contributed by atoms with Crippen LogP contribution in [0, 0.1) is 6.92 Å². The summed E-state index contributed by atoms with van der Waals surface area (Å²) in [6, 6.07) is 0. The largest absolute Gasteiger partial charge is 0.463 e. The number of carbonyl (C=O) groups excluding carboxylic acids is 1. The highest BCUT2D eigenvalue weighted by Gasteiger charge is 1.91. The molecular formula is C7H14NO2. The fourth-order valence-electron chi connectivity index (χ4n) is 0.334. The SMILES string of the molecule is N.[CH2]CCCOC(=O)C=C. The topological polar surface area (TPSA) is 61.3 Å². The van der Waals surface area contributed by atoms with E-state index < -0.39 is 0 Å². The predicted octanol–water partition coefficient (Wildman–Crippen LogP) is 1.49. The zero-order valence-corrected chi connectivity index (χ0v) is 6.14. The zero-order valence-electron chi connectivity index (χ0n) is 6.14. The zero-order chi connectivity index (χ0) is 7.11. The van der Waals surface area contributed by atoms with Crippen molar-refractivity contribution in [1.82, 2.24) is 6.15 Å². The van der Waals surface area contributed by atoms with E-state index in [1.165, 1.54) is 0 Å². The van der Waals surface area contributed by atoms with E-state index in [4.69, 9.17) is 0 Å². The number of hydrogen-bond donors (Lipinski definition) is 1. The van der Waals surface area contributed by atoms with Crippen molar-refractivity contribution >= 4 is 5.97 Å². The molecule has 0 rings (SSSR count). The van der Waals surface area contributed by atoms with Gasteiger partial charge in [0.1, 0.15) is 0 Å². The maximum absolute atomic E-state index is 10.3. The summed E-state index contributed by atoms with van der Waals surface area (Å²) in [5.41, 5.74) is 0. The first-order valence-corrected chi connectivity index (χ1v) is 2.89. The van der Waals surface area contributed by atoms with Crippen LogP contribution in [0.3, 0.4) is 0 Å². The molecule has 3 heteroatoms. The van der Waals surface area contributed by atoms with Gasteiger partial charge in [-0.2, -0.15) is 0 Å². The highest BCUT2D eigenvalue weighted by atomic mass is 16.5. The van der Waals surface area contributed by atoms with Gasteiger partial charge in [-0.25, -0.2) is 4.79 Å². The summed E-state index contributed by atoms with van der Waals surface area (Å²) in [5, 5.41) is 0. The number of unbranched alkanes of at least 4 members (excludes halogenated alkanes) is 1. The lowest BCUT2D eigenvalue weighted by Crippen LogP contribution is -2.00. The molecule has 0 amide bonds. The molecule has 0 fully saturated rings. The van der Waals surface area contributed by atoms with Crippen LogP contribution < -0.4 is 6.15 Å². The third-order valence-electron chi connectivity index (χ3n) is 0.805. The van der Waals surface area contributed by atoms with E-state index >= 15 is 0 Å². The van der Waals surface area contributed by atoms with Crippen molar-refractivity contribution in [3.63, 3.8) is 0 Å². The van der Waals surface area contributed by atoms with Crippen LogP contribution in [0.2, 0.25) is 0 Å². The van der Waals surface area contributed by atoms with Gasteiger partial charge in [0.15, 0.2) is 0 Å². The summed E-state index contributed by atoms with van der Waals surface area (Å²) in [6.07, 6.45) is 2.77. The standard InChI is InChI=1S/C7H11O2.H3N/c1-3-5-6-9-7(8)4-2;/h4H,1-3,5-6H2;1H3. The Morgan fingerprint density at radius 3 is 2.60 bits per heavy atom. The molecule has 0 aliphatic carbocycles. The van der Waals surface area contributed by atoms with E-state index in [-0.39, 0.29) is 12.1 Å². The molecule has 0 spiro atoms. The third kappa shape index (κ3) is 7.17. The molecule has 0 atom stereocenters. The molecule has 59 valence electrons. The molecule has 0 heterocycles. The average Bonchev–Trinajstić information content (AvgIpc) is 1.89. The summed E-state index contributed by atoms with van der Waals surface area (Å²) < 4.78 is 4.63. The van der Waals surface area contributed by atoms with E-state index in [2.05, 4.69) is 18.2 Å². The van der Waals surface area contributed by atoms with Gasteiger partial charge in [0, 0.05) is 6.08 Å². The first-order chi connectivity index (χ1) is 4.31. The fourth-order valence-corrected chi connectivity index (χ4v) is 0.334. The maximum Gasteiger partial charge on any atom is 0.330 e. The van der Waals surface area contributed by atoms with Crippen LogP contribution in [0.4, 0.5) is 0 Å². The van der Waals surface area contributed by atoms with Gasteiger partial charge in [-0.15, -0.1) is 0 Å². The Bertz CT molecular complexity index is 102. The van der Waals surface area contributed by atoms with Gasteiger partial charge in [-0.3, -0.25) is 0 Å². The van der Waals surface area contributed by atoms with E-state index in [0.717, 1.165) is 18.9 Å². The van der Waals surface area contributed by atoms with Gasteiger partial charge in [0.25, 0.3) is 0 Å². The van der Waals surface area contributed by atoms with Crippen LogP contribution in [0.25, 0.3) is 0 Å². The molecule has 0 aromatic carbocycles.